The van der Waals surface area contributed by atoms with Crippen molar-refractivity contribution in [3.8, 4) is 5.75 Å². The molecule has 0 saturated heterocycles. The molecule has 0 unspecified atom stereocenters. The Balaban J connectivity index is 1.71. The van der Waals surface area contributed by atoms with Gasteiger partial charge in [0.25, 0.3) is 0 Å². The molecule has 0 saturated carbocycles. The number of benzene rings is 2. The SMILES string of the molecule is CCNCc1cccc(NC(=O)CCCOc2cccc(C)c2)c1. The van der Waals surface area contributed by atoms with Gasteiger partial charge in [-0.05, 0) is 55.3 Å². The Morgan fingerprint density at radius 3 is 2.75 bits per heavy atom. The van der Waals surface area contributed by atoms with Crippen LogP contribution in [0.5, 0.6) is 5.75 Å². The Morgan fingerprint density at radius 1 is 1.12 bits per heavy atom. The van der Waals surface area contributed by atoms with Crippen LogP contribution < -0.4 is 15.4 Å². The molecule has 0 aliphatic heterocycles. The van der Waals surface area contributed by atoms with Crippen LogP contribution in [0, 0.1) is 6.92 Å². The lowest BCUT2D eigenvalue weighted by Crippen LogP contribution is -2.14. The maximum Gasteiger partial charge on any atom is 0.224 e. The molecule has 0 aliphatic carbocycles. The second kappa shape index (κ2) is 9.73. The van der Waals surface area contributed by atoms with Crippen LogP contribution in [-0.4, -0.2) is 19.1 Å². The molecule has 4 heteroatoms. The average molecular weight is 326 g/mol. The highest BCUT2D eigenvalue weighted by Gasteiger charge is 2.04. The monoisotopic (exact) mass is 326 g/mol. The second-order valence-corrected chi connectivity index (χ2v) is 5.80. The fourth-order valence-electron chi connectivity index (χ4n) is 2.38. The van der Waals surface area contributed by atoms with E-state index in [9.17, 15) is 4.79 Å². The lowest BCUT2D eigenvalue weighted by Gasteiger charge is -2.09. The van der Waals surface area contributed by atoms with Crippen molar-refractivity contribution in [1.82, 2.24) is 5.32 Å². The smallest absolute Gasteiger partial charge is 0.224 e. The van der Waals surface area contributed by atoms with Crippen LogP contribution in [-0.2, 0) is 11.3 Å². The highest BCUT2D eigenvalue weighted by Crippen LogP contribution is 2.14. The summed E-state index contributed by atoms with van der Waals surface area (Å²) in [4.78, 5) is 12.0. The van der Waals surface area contributed by atoms with Crippen molar-refractivity contribution >= 4 is 11.6 Å². The number of hydrogen-bond donors (Lipinski definition) is 2. The van der Waals surface area contributed by atoms with Gasteiger partial charge in [0, 0.05) is 18.7 Å². The van der Waals surface area contributed by atoms with Gasteiger partial charge in [-0.2, -0.15) is 0 Å². The van der Waals surface area contributed by atoms with E-state index in [1.807, 2.05) is 55.5 Å². The molecule has 2 rings (SSSR count). The number of rotatable bonds is 9. The predicted octanol–water partition coefficient (Wildman–Crippen LogP) is 3.90. The third kappa shape index (κ3) is 6.42. The first kappa shape index (κ1) is 18.0. The van der Waals surface area contributed by atoms with Crippen molar-refractivity contribution in [2.75, 3.05) is 18.5 Å². The second-order valence-electron chi connectivity index (χ2n) is 5.80. The molecule has 0 bridgehead atoms. The number of ether oxygens (including phenoxy) is 1. The van der Waals surface area contributed by atoms with Gasteiger partial charge in [-0.15, -0.1) is 0 Å². The van der Waals surface area contributed by atoms with Crippen LogP contribution >= 0.6 is 0 Å². The van der Waals surface area contributed by atoms with Gasteiger partial charge in [0.05, 0.1) is 6.61 Å². The highest BCUT2D eigenvalue weighted by atomic mass is 16.5. The summed E-state index contributed by atoms with van der Waals surface area (Å²) in [6.45, 7) is 6.38. The van der Waals surface area contributed by atoms with Gasteiger partial charge in [-0.25, -0.2) is 0 Å². The van der Waals surface area contributed by atoms with E-state index in [2.05, 4.69) is 17.6 Å². The van der Waals surface area contributed by atoms with Gasteiger partial charge in [0.1, 0.15) is 5.75 Å². The first-order valence-corrected chi connectivity index (χ1v) is 8.46. The summed E-state index contributed by atoms with van der Waals surface area (Å²) in [6.07, 6.45) is 1.14. The molecule has 0 spiro atoms. The van der Waals surface area contributed by atoms with Gasteiger partial charge in [-0.3, -0.25) is 4.79 Å². The summed E-state index contributed by atoms with van der Waals surface area (Å²) in [5.74, 6) is 0.870. The first-order valence-electron chi connectivity index (χ1n) is 8.46. The number of hydrogen-bond acceptors (Lipinski definition) is 3. The molecule has 0 atom stereocenters. The Morgan fingerprint density at radius 2 is 1.96 bits per heavy atom. The third-order valence-electron chi connectivity index (χ3n) is 3.60. The molecule has 128 valence electrons. The number of nitrogens with one attached hydrogen (secondary N) is 2. The van der Waals surface area contributed by atoms with Crippen molar-refractivity contribution in [2.24, 2.45) is 0 Å². The van der Waals surface area contributed by atoms with Crippen LogP contribution in [0.15, 0.2) is 48.5 Å². The Hall–Kier alpha value is -2.33. The minimum Gasteiger partial charge on any atom is -0.494 e. The van der Waals surface area contributed by atoms with Crippen LogP contribution in [0.25, 0.3) is 0 Å². The maximum atomic E-state index is 12.0. The zero-order valence-corrected chi connectivity index (χ0v) is 14.5. The van der Waals surface area contributed by atoms with Crippen molar-refractivity contribution in [1.29, 1.82) is 0 Å². The normalized spacial score (nSPS) is 10.4. The van der Waals surface area contributed by atoms with Crippen LogP contribution in [0.4, 0.5) is 5.69 Å². The molecule has 2 aromatic carbocycles. The van der Waals surface area contributed by atoms with E-state index in [1.165, 1.54) is 5.56 Å². The lowest BCUT2D eigenvalue weighted by atomic mass is 10.2. The van der Waals surface area contributed by atoms with Crippen molar-refractivity contribution in [3.63, 3.8) is 0 Å². The van der Waals surface area contributed by atoms with Crippen LogP contribution in [0.3, 0.4) is 0 Å². The molecule has 0 radical (unpaired) electrons. The maximum absolute atomic E-state index is 12.0. The van der Waals surface area contributed by atoms with Crippen molar-refractivity contribution < 1.29 is 9.53 Å². The molecule has 2 N–H and O–H groups in total. The Kier molecular flexibility index (Phi) is 7.30. The molecule has 0 fully saturated rings. The molecule has 0 aliphatic rings. The van der Waals surface area contributed by atoms with Gasteiger partial charge in [-0.1, -0.05) is 31.2 Å². The molecule has 0 aromatic heterocycles. The third-order valence-corrected chi connectivity index (χ3v) is 3.60. The van der Waals surface area contributed by atoms with Gasteiger partial charge in [0.15, 0.2) is 0 Å². The molecular weight excluding hydrogens is 300 g/mol. The largest absolute Gasteiger partial charge is 0.494 e. The van der Waals surface area contributed by atoms with E-state index in [1.54, 1.807) is 0 Å². The topological polar surface area (TPSA) is 50.4 Å². The van der Waals surface area contributed by atoms with Crippen molar-refractivity contribution in [3.05, 3.63) is 59.7 Å². The molecule has 24 heavy (non-hydrogen) atoms. The van der Waals surface area contributed by atoms with Crippen LogP contribution in [0.2, 0.25) is 0 Å². The zero-order chi connectivity index (χ0) is 17.2. The number of carbonyl (C=O) groups excluding carboxylic acids is 1. The zero-order valence-electron chi connectivity index (χ0n) is 14.5. The Bertz CT molecular complexity index is 656. The van der Waals surface area contributed by atoms with E-state index in [4.69, 9.17) is 4.74 Å². The van der Waals surface area contributed by atoms with E-state index in [0.29, 0.717) is 19.4 Å². The van der Waals surface area contributed by atoms with E-state index in [-0.39, 0.29) is 5.91 Å². The minimum atomic E-state index is 0.0171. The van der Waals surface area contributed by atoms with Gasteiger partial charge < -0.3 is 15.4 Å². The lowest BCUT2D eigenvalue weighted by molar-refractivity contribution is -0.116. The van der Waals surface area contributed by atoms with Gasteiger partial charge >= 0.3 is 0 Å². The number of anilines is 1. The fraction of sp³-hybridized carbons (Fsp3) is 0.350. The number of carbonyl (C=O) groups is 1. The number of aryl methyl sites for hydroxylation is 1. The number of amides is 1. The standard InChI is InChI=1S/C20H26N2O2/c1-3-21-15-17-8-5-9-18(14-17)22-20(23)11-6-12-24-19-10-4-7-16(2)13-19/h4-5,7-10,13-14,21H,3,6,11-12,15H2,1-2H3,(H,22,23). The van der Waals surface area contributed by atoms with Crippen LogP contribution in [0.1, 0.15) is 30.9 Å². The van der Waals surface area contributed by atoms with Crippen molar-refractivity contribution in [2.45, 2.75) is 33.2 Å². The first-order chi connectivity index (χ1) is 11.7. The van der Waals surface area contributed by atoms with E-state index in [0.717, 1.165) is 30.1 Å². The fourth-order valence-corrected chi connectivity index (χ4v) is 2.38. The summed E-state index contributed by atoms with van der Waals surface area (Å²) >= 11 is 0. The summed E-state index contributed by atoms with van der Waals surface area (Å²) in [7, 11) is 0. The Labute approximate surface area is 144 Å². The molecule has 2 aromatic rings. The average Bonchev–Trinajstić information content (AvgIpc) is 2.57. The highest BCUT2D eigenvalue weighted by molar-refractivity contribution is 5.90. The molecule has 1 amide bonds. The van der Waals surface area contributed by atoms with E-state index >= 15 is 0 Å². The van der Waals surface area contributed by atoms with Gasteiger partial charge in [0.2, 0.25) is 5.91 Å². The summed E-state index contributed by atoms with van der Waals surface area (Å²) in [5, 5.41) is 6.22. The molecule has 0 heterocycles. The van der Waals surface area contributed by atoms with E-state index < -0.39 is 0 Å². The summed E-state index contributed by atoms with van der Waals surface area (Å²) in [6, 6.07) is 15.9. The summed E-state index contributed by atoms with van der Waals surface area (Å²) < 4.78 is 5.66. The quantitative estimate of drug-likeness (QED) is 0.687. The minimum absolute atomic E-state index is 0.0171. The molecule has 4 nitrogen and oxygen atoms in total. The predicted molar refractivity (Wildman–Crippen MR) is 98.4 cm³/mol. The summed E-state index contributed by atoms with van der Waals surface area (Å²) in [5.41, 5.74) is 3.18. The molecular formula is C20H26N2O2.